The van der Waals surface area contributed by atoms with Gasteiger partial charge in [0.05, 0.1) is 20.8 Å². The molecule has 0 aliphatic rings. The second kappa shape index (κ2) is 11.2. The molecule has 5 nitrogen and oxygen atoms in total. The van der Waals surface area contributed by atoms with E-state index >= 15 is 0 Å². The molecule has 0 saturated carbocycles. The van der Waals surface area contributed by atoms with E-state index in [0.717, 1.165) is 42.0 Å². The Hall–Kier alpha value is -3.31. The second-order valence-electron chi connectivity index (χ2n) is 7.54. The third-order valence-electron chi connectivity index (χ3n) is 5.17. The van der Waals surface area contributed by atoms with E-state index in [4.69, 9.17) is 9.47 Å². The molecule has 0 atom stereocenters. The quantitative estimate of drug-likeness (QED) is 0.530. The van der Waals surface area contributed by atoms with Gasteiger partial charge >= 0.3 is 0 Å². The van der Waals surface area contributed by atoms with Crippen molar-refractivity contribution in [3.05, 3.63) is 89.5 Å². The maximum absolute atomic E-state index is 12.6. The topological polar surface area (TPSA) is 50.8 Å². The summed E-state index contributed by atoms with van der Waals surface area (Å²) in [5, 5.41) is 3.08. The molecule has 0 bridgehead atoms. The lowest BCUT2D eigenvalue weighted by molar-refractivity contribution is -0.117. The Kier molecular flexibility index (Phi) is 8.07. The van der Waals surface area contributed by atoms with Crippen LogP contribution in [0.1, 0.15) is 16.7 Å². The Balaban J connectivity index is 1.54. The number of ether oxygens (including phenoxy) is 2. The van der Waals surface area contributed by atoms with Crippen molar-refractivity contribution >= 4 is 11.6 Å². The first-order valence-electron chi connectivity index (χ1n) is 10.4. The zero-order chi connectivity index (χ0) is 22.1. The maximum atomic E-state index is 12.6. The molecule has 162 valence electrons. The summed E-state index contributed by atoms with van der Waals surface area (Å²) < 4.78 is 10.7. The molecular weight excluding hydrogens is 388 g/mol. The van der Waals surface area contributed by atoms with E-state index in [1.165, 1.54) is 5.56 Å². The molecule has 0 heterocycles. The third kappa shape index (κ3) is 6.59. The number of methoxy groups -OCH3 is 2. The van der Waals surface area contributed by atoms with E-state index < -0.39 is 0 Å². The third-order valence-corrected chi connectivity index (χ3v) is 5.17. The van der Waals surface area contributed by atoms with Gasteiger partial charge in [-0.1, -0.05) is 54.6 Å². The van der Waals surface area contributed by atoms with Crippen molar-refractivity contribution in [2.24, 2.45) is 0 Å². The Morgan fingerprint density at radius 1 is 0.871 bits per heavy atom. The van der Waals surface area contributed by atoms with Gasteiger partial charge in [0.15, 0.2) is 11.5 Å². The van der Waals surface area contributed by atoms with Crippen molar-refractivity contribution in [2.45, 2.75) is 12.8 Å². The zero-order valence-electron chi connectivity index (χ0n) is 18.4. The first-order valence-corrected chi connectivity index (χ1v) is 10.4. The Morgan fingerprint density at radius 2 is 1.58 bits per heavy atom. The van der Waals surface area contributed by atoms with Crippen LogP contribution in [0.2, 0.25) is 0 Å². The molecular formula is C26H30N2O3. The molecule has 0 aromatic heterocycles. The molecule has 0 spiro atoms. The number of nitrogens with one attached hydrogen (secondary N) is 1. The molecule has 1 N–H and O–H groups in total. The minimum atomic E-state index is -0.0182. The molecule has 1 amide bonds. The Labute approximate surface area is 184 Å². The van der Waals surface area contributed by atoms with Crippen molar-refractivity contribution < 1.29 is 14.3 Å². The molecule has 0 radical (unpaired) electrons. The molecule has 0 saturated heterocycles. The van der Waals surface area contributed by atoms with Crippen molar-refractivity contribution in [3.8, 4) is 11.5 Å². The Bertz CT molecular complexity index is 989. The number of hydrogen-bond donors (Lipinski definition) is 1. The number of likely N-dealkylation sites (N-methyl/N-ethyl adjacent to an activating group) is 1. The SMILES string of the molecule is COc1ccc(CCN(C)CC(=O)Nc2ccccc2Cc2ccccc2)cc1OC. The molecule has 0 fully saturated rings. The minimum Gasteiger partial charge on any atom is -0.493 e. The Morgan fingerprint density at radius 3 is 2.32 bits per heavy atom. The van der Waals surface area contributed by atoms with Crippen LogP contribution in [0.3, 0.4) is 0 Å². The van der Waals surface area contributed by atoms with E-state index in [1.54, 1.807) is 14.2 Å². The first kappa shape index (κ1) is 22.4. The van der Waals surface area contributed by atoms with E-state index in [2.05, 4.69) is 23.5 Å². The van der Waals surface area contributed by atoms with E-state index in [1.807, 2.05) is 66.5 Å². The first-order chi connectivity index (χ1) is 15.1. The highest BCUT2D eigenvalue weighted by molar-refractivity contribution is 5.93. The predicted octanol–water partition coefficient (Wildman–Crippen LogP) is 4.41. The van der Waals surface area contributed by atoms with Gasteiger partial charge in [-0.25, -0.2) is 0 Å². The summed E-state index contributed by atoms with van der Waals surface area (Å²) in [6.07, 6.45) is 1.60. The minimum absolute atomic E-state index is 0.0182. The molecule has 0 aliphatic carbocycles. The molecule has 31 heavy (non-hydrogen) atoms. The van der Waals surface area contributed by atoms with Crippen LogP contribution in [0, 0.1) is 0 Å². The monoisotopic (exact) mass is 418 g/mol. The van der Waals surface area contributed by atoms with Crippen LogP contribution in [0.5, 0.6) is 11.5 Å². The van der Waals surface area contributed by atoms with Crippen molar-refractivity contribution in [1.82, 2.24) is 4.90 Å². The van der Waals surface area contributed by atoms with Crippen LogP contribution < -0.4 is 14.8 Å². The largest absolute Gasteiger partial charge is 0.493 e. The van der Waals surface area contributed by atoms with Crippen LogP contribution in [0.4, 0.5) is 5.69 Å². The van der Waals surface area contributed by atoms with Crippen molar-refractivity contribution in [2.75, 3.05) is 39.7 Å². The highest BCUT2D eigenvalue weighted by Crippen LogP contribution is 2.27. The number of nitrogens with zero attached hydrogens (tertiary/aromatic N) is 1. The van der Waals surface area contributed by atoms with Gasteiger partial charge in [0.25, 0.3) is 0 Å². The predicted molar refractivity (Wildman–Crippen MR) is 125 cm³/mol. The molecule has 0 unspecified atom stereocenters. The van der Waals surface area contributed by atoms with Gasteiger partial charge in [-0.2, -0.15) is 0 Å². The van der Waals surface area contributed by atoms with Gasteiger partial charge in [0.2, 0.25) is 5.91 Å². The maximum Gasteiger partial charge on any atom is 0.238 e. The number of rotatable bonds is 10. The zero-order valence-corrected chi connectivity index (χ0v) is 18.4. The fourth-order valence-electron chi connectivity index (χ4n) is 3.48. The lowest BCUT2D eigenvalue weighted by atomic mass is 10.0. The fourth-order valence-corrected chi connectivity index (χ4v) is 3.48. The van der Waals surface area contributed by atoms with Crippen LogP contribution >= 0.6 is 0 Å². The van der Waals surface area contributed by atoms with Crippen LogP contribution in [-0.4, -0.2) is 45.2 Å². The molecule has 0 aliphatic heterocycles. The molecule has 3 rings (SSSR count). The summed E-state index contributed by atoms with van der Waals surface area (Å²) in [5.41, 5.74) is 4.33. The number of carbonyl (C=O) groups excluding carboxylic acids is 1. The van der Waals surface area contributed by atoms with Gasteiger partial charge in [-0.3, -0.25) is 9.69 Å². The molecule has 5 heteroatoms. The number of benzene rings is 3. The highest BCUT2D eigenvalue weighted by atomic mass is 16.5. The van der Waals surface area contributed by atoms with Gasteiger partial charge in [0.1, 0.15) is 0 Å². The van der Waals surface area contributed by atoms with Crippen LogP contribution in [0.15, 0.2) is 72.8 Å². The smallest absolute Gasteiger partial charge is 0.238 e. The summed E-state index contributed by atoms with van der Waals surface area (Å²) in [6, 6.07) is 24.1. The number of hydrogen-bond acceptors (Lipinski definition) is 4. The summed E-state index contributed by atoms with van der Waals surface area (Å²) in [4.78, 5) is 14.7. The second-order valence-corrected chi connectivity index (χ2v) is 7.54. The van der Waals surface area contributed by atoms with E-state index in [0.29, 0.717) is 12.3 Å². The van der Waals surface area contributed by atoms with Crippen LogP contribution in [0.25, 0.3) is 0 Å². The van der Waals surface area contributed by atoms with Crippen molar-refractivity contribution in [1.29, 1.82) is 0 Å². The molecule has 3 aromatic rings. The number of carbonyl (C=O) groups is 1. The summed E-state index contributed by atoms with van der Waals surface area (Å²) in [7, 11) is 5.21. The standard InChI is InChI=1S/C26H30N2O3/c1-28(16-15-21-13-14-24(30-2)25(18-21)31-3)19-26(29)27-23-12-8-7-11-22(23)17-20-9-5-4-6-10-20/h4-14,18H,15-17,19H2,1-3H3,(H,27,29). The highest BCUT2D eigenvalue weighted by Gasteiger charge is 2.11. The summed E-state index contributed by atoms with van der Waals surface area (Å²) in [6.45, 7) is 1.08. The van der Waals surface area contributed by atoms with Gasteiger partial charge < -0.3 is 14.8 Å². The lowest BCUT2D eigenvalue weighted by Gasteiger charge is -2.18. The van der Waals surface area contributed by atoms with Gasteiger partial charge in [0, 0.05) is 12.2 Å². The number of amides is 1. The average Bonchev–Trinajstić information content (AvgIpc) is 2.79. The summed E-state index contributed by atoms with van der Waals surface area (Å²) in [5.74, 6) is 1.42. The van der Waals surface area contributed by atoms with Gasteiger partial charge in [-0.05, 0) is 54.8 Å². The normalized spacial score (nSPS) is 10.7. The van der Waals surface area contributed by atoms with Crippen molar-refractivity contribution in [3.63, 3.8) is 0 Å². The number of anilines is 1. The van der Waals surface area contributed by atoms with Crippen LogP contribution in [-0.2, 0) is 17.6 Å². The summed E-state index contributed by atoms with van der Waals surface area (Å²) >= 11 is 0. The van der Waals surface area contributed by atoms with E-state index in [9.17, 15) is 4.79 Å². The van der Waals surface area contributed by atoms with Gasteiger partial charge in [-0.15, -0.1) is 0 Å². The molecule has 3 aromatic carbocycles. The van der Waals surface area contributed by atoms with E-state index in [-0.39, 0.29) is 5.91 Å². The lowest BCUT2D eigenvalue weighted by Crippen LogP contribution is -2.31. The number of para-hydroxylation sites is 1. The fraction of sp³-hybridized carbons (Fsp3) is 0.269. The average molecular weight is 419 g/mol.